The Kier molecular flexibility index (Phi) is 2.60. The van der Waals surface area contributed by atoms with Gasteiger partial charge >= 0.3 is 0 Å². The molecule has 57 valence electrons. The molecule has 3 nitrogen and oxygen atoms in total. The fraction of sp³-hybridized carbons (Fsp3) is 0.125. The number of carbonyl (C=O) groups is 1. The summed E-state index contributed by atoms with van der Waals surface area (Å²) in [6.45, 7) is 0. The Morgan fingerprint density at radius 2 is 2.55 bits per heavy atom. The summed E-state index contributed by atoms with van der Waals surface area (Å²) in [6.07, 6.45) is 5.38. The Labute approximate surface area is 65.2 Å². The van der Waals surface area contributed by atoms with Crippen molar-refractivity contribution in [3.05, 3.63) is 36.5 Å². The lowest BCUT2D eigenvalue weighted by molar-refractivity contribution is -0.115. The van der Waals surface area contributed by atoms with Gasteiger partial charge in [0.1, 0.15) is 0 Å². The standard InChI is InChI=1S/C8H9N2O/c9-8(11)4-3-7-2-1-5-10-6-7/h1-2,4-6H,3H2,(H2,9,11). The minimum Gasteiger partial charge on any atom is -0.369 e. The van der Waals surface area contributed by atoms with Crippen molar-refractivity contribution in [3.63, 3.8) is 0 Å². The maximum Gasteiger partial charge on any atom is 0.221 e. The zero-order chi connectivity index (χ0) is 8.10. The van der Waals surface area contributed by atoms with Crippen LogP contribution >= 0.6 is 0 Å². The third-order valence-corrected chi connectivity index (χ3v) is 1.26. The molecular weight excluding hydrogens is 140 g/mol. The zero-order valence-corrected chi connectivity index (χ0v) is 6.03. The van der Waals surface area contributed by atoms with Crippen molar-refractivity contribution in [2.24, 2.45) is 5.73 Å². The first kappa shape index (κ1) is 7.72. The van der Waals surface area contributed by atoms with Crippen molar-refractivity contribution in [1.82, 2.24) is 4.98 Å². The molecule has 0 unspecified atom stereocenters. The monoisotopic (exact) mass is 149 g/mol. The van der Waals surface area contributed by atoms with Gasteiger partial charge in [0.05, 0.1) is 6.42 Å². The van der Waals surface area contributed by atoms with Crippen molar-refractivity contribution < 1.29 is 4.79 Å². The van der Waals surface area contributed by atoms with E-state index in [2.05, 4.69) is 4.98 Å². The smallest absolute Gasteiger partial charge is 0.221 e. The van der Waals surface area contributed by atoms with Gasteiger partial charge in [0, 0.05) is 12.4 Å². The normalized spacial score (nSPS) is 9.45. The summed E-state index contributed by atoms with van der Waals surface area (Å²) < 4.78 is 0. The molecule has 3 heteroatoms. The van der Waals surface area contributed by atoms with E-state index in [0.717, 1.165) is 5.56 Å². The Bertz CT molecular complexity index is 233. The highest BCUT2D eigenvalue weighted by molar-refractivity contribution is 5.83. The van der Waals surface area contributed by atoms with E-state index in [0.29, 0.717) is 6.42 Å². The Hall–Kier alpha value is -1.38. The van der Waals surface area contributed by atoms with Crippen molar-refractivity contribution in [2.45, 2.75) is 6.42 Å². The number of nitrogens with zero attached hydrogens (tertiary/aromatic N) is 1. The predicted octanol–water partition coefficient (Wildman–Crippen LogP) is 0.314. The van der Waals surface area contributed by atoms with Crippen LogP contribution in [0.1, 0.15) is 5.56 Å². The van der Waals surface area contributed by atoms with Crippen LogP contribution in [0.25, 0.3) is 0 Å². The van der Waals surface area contributed by atoms with E-state index in [1.165, 1.54) is 6.42 Å². The van der Waals surface area contributed by atoms with Crippen LogP contribution in [0.5, 0.6) is 0 Å². The second-order valence-electron chi connectivity index (χ2n) is 2.17. The number of pyridine rings is 1. The van der Waals surface area contributed by atoms with Crippen molar-refractivity contribution >= 4 is 5.91 Å². The summed E-state index contributed by atoms with van der Waals surface area (Å²) in [6, 6.07) is 3.72. The molecular formula is C8H9N2O. The molecule has 0 aliphatic carbocycles. The number of rotatable bonds is 3. The lowest BCUT2D eigenvalue weighted by Crippen LogP contribution is -2.12. The third-order valence-electron chi connectivity index (χ3n) is 1.26. The largest absolute Gasteiger partial charge is 0.369 e. The summed E-state index contributed by atoms with van der Waals surface area (Å²) in [5, 5.41) is 0. The Morgan fingerprint density at radius 1 is 1.73 bits per heavy atom. The molecule has 0 saturated carbocycles. The van der Waals surface area contributed by atoms with Crippen molar-refractivity contribution in [3.8, 4) is 0 Å². The Morgan fingerprint density at radius 3 is 3.09 bits per heavy atom. The van der Waals surface area contributed by atoms with Crippen LogP contribution in [0, 0.1) is 6.42 Å². The molecule has 0 fully saturated rings. The molecule has 0 aliphatic heterocycles. The lowest BCUT2D eigenvalue weighted by Gasteiger charge is -1.94. The maximum atomic E-state index is 10.3. The number of nitrogens with two attached hydrogens (primary N) is 1. The first-order valence-corrected chi connectivity index (χ1v) is 3.30. The summed E-state index contributed by atoms with van der Waals surface area (Å²) in [7, 11) is 0. The summed E-state index contributed by atoms with van der Waals surface area (Å²) in [5.41, 5.74) is 5.92. The van der Waals surface area contributed by atoms with Crippen LogP contribution in [0.2, 0.25) is 0 Å². The van der Waals surface area contributed by atoms with E-state index < -0.39 is 5.91 Å². The van der Waals surface area contributed by atoms with Crippen LogP contribution < -0.4 is 5.73 Å². The maximum absolute atomic E-state index is 10.3. The van der Waals surface area contributed by atoms with Crippen LogP contribution in [0.4, 0.5) is 0 Å². The van der Waals surface area contributed by atoms with Crippen molar-refractivity contribution in [2.75, 3.05) is 0 Å². The molecule has 1 amide bonds. The second-order valence-corrected chi connectivity index (χ2v) is 2.17. The minimum atomic E-state index is -0.395. The van der Waals surface area contributed by atoms with Crippen molar-refractivity contribution in [1.29, 1.82) is 0 Å². The van der Waals surface area contributed by atoms with Gasteiger partial charge in [-0.3, -0.25) is 9.78 Å². The fourth-order valence-electron chi connectivity index (χ4n) is 0.737. The topological polar surface area (TPSA) is 56.0 Å². The van der Waals surface area contributed by atoms with Gasteiger partial charge in [0.2, 0.25) is 5.91 Å². The molecule has 0 spiro atoms. The summed E-state index contributed by atoms with van der Waals surface area (Å²) in [4.78, 5) is 14.2. The van der Waals surface area contributed by atoms with Crippen LogP contribution in [0.15, 0.2) is 24.5 Å². The van der Waals surface area contributed by atoms with Crippen LogP contribution in [-0.2, 0) is 11.2 Å². The van der Waals surface area contributed by atoms with E-state index in [4.69, 9.17) is 5.73 Å². The molecule has 0 atom stereocenters. The number of amides is 1. The van der Waals surface area contributed by atoms with E-state index in [1.807, 2.05) is 12.1 Å². The first-order chi connectivity index (χ1) is 5.29. The van der Waals surface area contributed by atoms with Gasteiger partial charge < -0.3 is 5.73 Å². The molecule has 0 bridgehead atoms. The first-order valence-electron chi connectivity index (χ1n) is 3.30. The molecule has 1 heterocycles. The van der Waals surface area contributed by atoms with Gasteiger partial charge in [0.25, 0.3) is 0 Å². The average molecular weight is 149 g/mol. The van der Waals surface area contributed by atoms with E-state index >= 15 is 0 Å². The van der Waals surface area contributed by atoms with Gasteiger partial charge in [0.15, 0.2) is 0 Å². The highest BCUT2D eigenvalue weighted by atomic mass is 16.1. The number of carbonyl (C=O) groups excluding carboxylic acids is 1. The SMILES string of the molecule is NC(=O)[CH]Cc1cccnc1. The van der Waals surface area contributed by atoms with Gasteiger partial charge in [-0.15, -0.1) is 0 Å². The molecule has 1 aromatic rings. The van der Waals surface area contributed by atoms with Crippen LogP contribution in [-0.4, -0.2) is 10.9 Å². The average Bonchev–Trinajstić information content (AvgIpc) is 2.03. The quantitative estimate of drug-likeness (QED) is 0.672. The highest BCUT2D eigenvalue weighted by Crippen LogP contribution is 1.98. The number of hydrogen-bond donors (Lipinski definition) is 1. The number of aromatic nitrogens is 1. The second kappa shape index (κ2) is 3.71. The van der Waals surface area contributed by atoms with Crippen LogP contribution in [0.3, 0.4) is 0 Å². The molecule has 1 rings (SSSR count). The summed E-state index contributed by atoms with van der Waals surface area (Å²) in [5.74, 6) is -0.395. The molecule has 2 N–H and O–H groups in total. The minimum absolute atomic E-state index is 0.395. The molecule has 1 aromatic heterocycles. The Balaban J connectivity index is 2.45. The fourth-order valence-corrected chi connectivity index (χ4v) is 0.737. The van der Waals surface area contributed by atoms with Gasteiger partial charge in [-0.1, -0.05) is 6.07 Å². The molecule has 0 saturated heterocycles. The summed E-state index contributed by atoms with van der Waals surface area (Å²) >= 11 is 0. The molecule has 11 heavy (non-hydrogen) atoms. The highest BCUT2D eigenvalue weighted by Gasteiger charge is 1.95. The van der Waals surface area contributed by atoms with Gasteiger partial charge in [-0.05, 0) is 18.1 Å². The number of primary amides is 1. The molecule has 1 radical (unpaired) electrons. The predicted molar refractivity (Wildman–Crippen MR) is 41.4 cm³/mol. The van der Waals surface area contributed by atoms with Gasteiger partial charge in [-0.2, -0.15) is 0 Å². The van der Waals surface area contributed by atoms with E-state index in [1.54, 1.807) is 12.4 Å². The lowest BCUT2D eigenvalue weighted by atomic mass is 10.1. The zero-order valence-electron chi connectivity index (χ0n) is 6.03. The molecule has 0 aliphatic rings. The molecule has 0 aromatic carbocycles. The van der Waals surface area contributed by atoms with Gasteiger partial charge in [-0.25, -0.2) is 0 Å². The van der Waals surface area contributed by atoms with E-state index in [9.17, 15) is 4.79 Å². The third kappa shape index (κ3) is 2.80. The van der Waals surface area contributed by atoms with E-state index in [-0.39, 0.29) is 0 Å². The number of hydrogen-bond acceptors (Lipinski definition) is 2.